The third-order valence-corrected chi connectivity index (χ3v) is 3.06. The number of anilines is 1. The average molecular weight is 230 g/mol. The Morgan fingerprint density at radius 1 is 1.12 bits per heavy atom. The first-order valence-corrected chi connectivity index (χ1v) is 5.56. The molecule has 0 aliphatic carbocycles. The van der Waals surface area contributed by atoms with Crippen LogP contribution in [0.3, 0.4) is 0 Å². The van der Waals surface area contributed by atoms with Crippen LogP contribution in [0.1, 0.15) is 11.3 Å². The van der Waals surface area contributed by atoms with Gasteiger partial charge in [-0.25, -0.2) is 0 Å². The predicted molar refractivity (Wildman–Crippen MR) is 70.8 cm³/mol. The number of benzene rings is 1. The molecular formula is C13H14N2S. The lowest BCUT2D eigenvalue weighted by Crippen LogP contribution is -1.92. The molecule has 3 heteroatoms. The minimum atomic E-state index is 0.691. The van der Waals surface area contributed by atoms with Gasteiger partial charge in [0.2, 0.25) is 0 Å². The highest BCUT2D eigenvalue weighted by molar-refractivity contribution is 7.80. The molecule has 1 heterocycles. The number of nitrogens with zero attached hydrogens (tertiary/aromatic N) is 1. The van der Waals surface area contributed by atoms with Crippen molar-refractivity contribution < 1.29 is 0 Å². The first kappa shape index (κ1) is 11.0. The van der Waals surface area contributed by atoms with Crippen LogP contribution >= 0.6 is 12.6 Å². The Kier molecular flexibility index (Phi) is 2.88. The van der Waals surface area contributed by atoms with Crippen LogP contribution in [-0.2, 0) is 0 Å². The van der Waals surface area contributed by atoms with Crippen molar-refractivity contribution in [3.8, 4) is 11.3 Å². The summed E-state index contributed by atoms with van der Waals surface area (Å²) >= 11 is 4.31. The maximum absolute atomic E-state index is 5.72. The Hall–Kier alpha value is -1.48. The molecular weight excluding hydrogens is 216 g/mol. The van der Waals surface area contributed by atoms with E-state index in [2.05, 4.69) is 30.6 Å². The summed E-state index contributed by atoms with van der Waals surface area (Å²) in [6.45, 7) is 4.07. The van der Waals surface area contributed by atoms with Gasteiger partial charge in [-0.3, -0.25) is 4.98 Å². The Morgan fingerprint density at radius 3 is 2.50 bits per heavy atom. The van der Waals surface area contributed by atoms with Crippen molar-refractivity contribution in [1.29, 1.82) is 0 Å². The van der Waals surface area contributed by atoms with Gasteiger partial charge in [0.1, 0.15) is 0 Å². The molecule has 1 aromatic carbocycles. The molecule has 0 aliphatic heterocycles. The van der Waals surface area contributed by atoms with Gasteiger partial charge < -0.3 is 5.73 Å². The molecule has 2 N–H and O–H groups in total. The van der Waals surface area contributed by atoms with Gasteiger partial charge in [0.15, 0.2) is 0 Å². The van der Waals surface area contributed by atoms with E-state index in [0.717, 1.165) is 21.8 Å². The first-order chi connectivity index (χ1) is 7.58. The quantitative estimate of drug-likeness (QED) is 0.583. The Balaban J connectivity index is 2.50. The van der Waals surface area contributed by atoms with E-state index in [1.807, 2.05) is 31.2 Å². The number of pyridine rings is 1. The molecule has 0 radical (unpaired) electrons. The van der Waals surface area contributed by atoms with Crippen molar-refractivity contribution in [3.05, 3.63) is 41.6 Å². The summed E-state index contributed by atoms with van der Waals surface area (Å²) in [6.07, 6.45) is 0. The summed E-state index contributed by atoms with van der Waals surface area (Å²) in [5.41, 5.74) is 10.7. The summed E-state index contributed by atoms with van der Waals surface area (Å²) in [7, 11) is 0. The summed E-state index contributed by atoms with van der Waals surface area (Å²) < 4.78 is 0. The third-order valence-electron chi connectivity index (χ3n) is 2.68. The highest BCUT2D eigenvalue weighted by atomic mass is 32.1. The standard InChI is InChI=1S/C13H14N2S/c1-8-3-6-12(15-9(8)2)10-4-5-11(14)13(16)7-10/h3-7,16H,14H2,1-2H3. The van der Waals surface area contributed by atoms with Crippen LogP contribution in [0.5, 0.6) is 0 Å². The lowest BCUT2D eigenvalue weighted by Gasteiger charge is -2.06. The van der Waals surface area contributed by atoms with Crippen molar-refractivity contribution >= 4 is 18.3 Å². The molecule has 16 heavy (non-hydrogen) atoms. The number of aryl methyl sites for hydroxylation is 2. The molecule has 0 atom stereocenters. The number of hydrogen-bond acceptors (Lipinski definition) is 3. The van der Waals surface area contributed by atoms with E-state index in [9.17, 15) is 0 Å². The van der Waals surface area contributed by atoms with Crippen LogP contribution in [0.2, 0.25) is 0 Å². The van der Waals surface area contributed by atoms with E-state index < -0.39 is 0 Å². The molecule has 0 bridgehead atoms. The van der Waals surface area contributed by atoms with Crippen molar-refractivity contribution in [1.82, 2.24) is 4.98 Å². The summed E-state index contributed by atoms with van der Waals surface area (Å²) in [5, 5.41) is 0. The van der Waals surface area contributed by atoms with Gasteiger partial charge in [0.25, 0.3) is 0 Å². The van der Waals surface area contributed by atoms with E-state index in [-0.39, 0.29) is 0 Å². The van der Waals surface area contributed by atoms with Crippen molar-refractivity contribution in [3.63, 3.8) is 0 Å². The van der Waals surface area contributed by atoms with Gasteiger partial charge in [-0.1, -0.05) is 12.1 Å². The molecule has 2 aromatic rings. The number of nitrogen functional groups attached to an aromatic ring is 1. The number of aromatic nitrogens is 1. The Labute approximate surface area is 101 Å². The highest BCUT2D eigenvalue weighted by Gasteiger charge is 2.03. The third kappa shape index (κ3) is 2.04. The van der Waals surface area contributed by atoms with Gasteiger partial charge in [0.05, 0.1) is 5.69 Å². The van der Waals surface area contributed by atoms with Crippen LogP contribution in [0.4, 0.5) is 5.69 Å². The van der Waals surface area contributed by atoms with Crippen LogP contribution in [0, 0.1) is 13.8 Å². The monoisotopic (exact) mass is 230 g/mol. The second-order valence-electron chi connectivity index (χ2n) is 3.87. The van der Waals surface area contributed by atoms with Gasteiger partial charge in [-0.15, -0.1) is 12.6 Å². The Morgan fingerprint density at radius 2 is 1.88 bits per heavy atom. The second kappa shape index (κ2) is 4.18. The van der Waals surface area contributed by atoms with Crippen LogP contribution in [-0.4, -0.2) is 4.98 Å². The molecule has 0 fully saturated rings. The zero-order chi connectivity index (χ0) is 11.7. The molecule has 0 saturated heterocycles. The molecule has 1 aromatic heterocycles. The van der Waals surface area contributed by atoms with Crippen molar-refractivity contribution in [2.75, 3.05) is 5.73 Å². The zero-order valence-electron chi connectivity index (χ0n) is 9.36. The first-order valence-electron chi connectivity index (χ1n) is 5.11. The summed E-state index contributed by atoms with van der Waals surface area (Å²) in [5.74, 6) is 0. The number of rotatable bonds is 1. The SMILES string of the molecule is Cc1ccc(-c2ccc(N)c(S)c2)nc1C. The maximum atomic E-state index is 5.72. The van der Waals surface area contributed by atoms with Crippen LogP contribution < -0.4 is 5.73 Å². The fourth-order valence-electron chi connectivity index (χ4n) is 1.49. The lowest BCUT2D eigenvalue weighted by molar-refractivity contribution is 1.15. The molecule has 0 saturated carbocycles. The van der Waals surface area contributed by atoms with Gasteiger partial charge in [-0.2, -0.15) is 0 Å². The van der Waals surface area contributed by atoms with E-state index in [1.54, 1.807) is 0 Å². The van der Waals surface area contributed by atoms with Gasteiger partial charge in [-0.05, 0) is 37.6 Å². The van der Waals surface area contributed by atoms with E-state index in [4.69, 9.17) is 5.73 Å². The number of nitrogens with two attached hydrogens (primary N) is 1. The predicted octanol–water partition coefficient (Wildman–Crippen LogP) is 3.24. The average Bonchev–Trinajstić information content (AvgIpc) is 2.26. The summed E-state index contributed by atoms with van der Waals surface area (Å²) in [6, 6.07) is 9.85. The largest absolute Gasteiger partial charge is 0.398 e. The van der Waals surface area contributed by atoms with E-state index >= 15 is 0 Å². The number of hydrogen-bond donors (Lipinski definition) is 2. The van der Waals surface area contributed by atoms with Gasteiger partial charge in [0, 0.05) is 21.8 Å². The van der Waals surface area contributed by atoms with Crippen LogP contribution in [0.25, 0.3) is 11.3 Å². The minimum Gasteiger partial charge on any atom is -0.398 e. The summed E-state index contributed by atoms with van der Waals surface area (Å²) in [4.78, 5) is 5.33. The maximum Gasteiger partial charge on any atom is 0.0705 e. The zero-order valence-corrected chi connectivity index (χ0v) is 10.3. The molecule has 0 spiro atoms. The fourth-order valence-corrected chi connectivity index (χ4v) is 1.71. The molecule has 0 unspecified atom stereocenters. The topological polar surface area (TPSA) is 38.9 Å². The number of thiol groups is 1. The van der Waals surface area contributed by atoms with Crippen molar-refractivity contribution in [2.45, 2.75) is 18.7 Å². The molecule has 2 rings (SSSR count). The van der Waals surface area contributed by atoms with Crippen LogP contribution in [0.15, 0.2) is 35.2 Å². The van der Waals surface area contributed by atoms with E-state index in [1.165, 1.54) is 5.56 Å². The lowest BCUT2D eigenvalue weighted by atomic mass is 10.1. The fraction of sp³-hybridized carbons (Fsp3) is 0.154. The molecule has 2 nitrogen and oxygen atoms in total. The molecule has 0 amide bonds. The highest BCUT2D eigenvalue weighted by Crippen LogP contribution is 2.25. The minimum absolute atomic E-state index is 0.691. The Bertz CT molecular complexity index is 486. The van der Waals surface area contributed by atoms with Crippen molar-refractivity contribution in [2.24, 2.45) is 0 Å². The molecule has 82 valence electrons. The normalized spacial score (nSPS) is 10.4. The second-order valence-corrected chi connectivity index (χ2v) is 4.35. The van der Waals surface area contributed by atoms with E-state index in [0.29, 0.717) is 5.69 Å². The molecule has 0 aliphatic rings. The smallest absolute Gasteiger partial charge is 0.0705 e. The van der Waals surface area contributed by atoms with Gasteiger partial charge >= 0.3 is 0 Å².